The molecule has 1 aromatic carbocycles. The Morgan fingerprint density at radius 3 is 2.76 bits per heavy atom. The zero-order valence-electron chi connectivity index (χ0n) is 19.1. The summed E-state index contributed by atoms with van der Waals surface area (Å²) in [7, 11) is 1.87. The predicted molar refractivity (Wildman–Crippen MR) is 131 cm³/mol. The molecule has 1 amide bonds. The minimum absolute atomic E-state index is 0.0199. The maximum absolute atomic E-state index is 12.6. The van der Waals surface area contributed by atoms with E-state index in [1.54, 1.807) is 29.5 Å². The summed E-state index contributed by atoms with van der Waals surface area (Å²) in [6.07, 6.45) is 8.73. The zero-order chi connectivity index (χ0) is 23.7. The van der Waals surface area contributed by atoms with E-state index in [9.17, 15) is 4.79 Å². The van der Waals surface area contributed by atoms with Gasteiger partial charge in [0.2, 0.25) is 0 Å². The normalized spacial score (nSPS) is 12.0. The summed E-state index contributed by atoms with van der Waals surface area (Å²) in [6.45, 7) is 3.97. The smallest absolute Gasteiger partial charge is 0.257 e. The molecule has 0 radical (unpaired) electrons. The monoisotopic (exact) mass is 452 g/mol. The summed E-state index contributed by atoms with van der Waals surface area (Å²) < 4.78 is 1.74. The van der Waals surface area contributed by atoms with Crippen LogP contribution < -0.4 is 10.6 Å². The average molecular weight is 453 g/mol. The summed E-state index contributed by atoms with van der Waals surface area (Å²) in [5, 5.41) is 10.6. The molecular formula is C25H24N8O. The average Bonchev–Trinajstić information content (AvgIpc) is 3.45. The molecule has 4 heterocycles. The molecule has 9 heteroatoms. The number of aromatic amines is 1. The molecule has 0 unspecified atom stereocenters. The number of amides is 1. The Morgan fingerprint density at radius 1 is 1.09 bits per heavy atom. The summed E-state index contributed by atoms with van der Waals surface area (Å²) in [4.78, 5) is 29.1. The van der Waals surface area contributed by atoms with E-state index in [0.717, 1.165) is 39.4 Å². The molecule has 0 saturated carbocycles. The summed E-state index contributed by atoms with van der Waals surface area (Å²) in [5.41, 5.74) is 6.46. The second-order valence-electron chi connectivity index (χ2n) is 8.28. The van der Waals surface area contributed by atoms with Gasteiger partial charge in [-0.15, -0.1) is 0 Å². The largest absolute Gasteiger partial charge is 0.377 e. The fourth-order valence-corrected chi connectivity index (χ4v) is 3.76. The van der Waals surface area contributed by atoms with E-state index in [1.165, 1.54) is 0 Å². The second kappa shape index (κ2) is 8.78. The van der Waals surface area contributed by atoms with Crippen molar-refractivity contribution in [2.45, 2.75) is 19.9 Å². The van der Waals surface area contributed by atoms with Crippen LogP contribution in [-0.2, 0) is 7.05 Å². The van der Waals surface area contributed by atoms with Crippen molar-refractivity contribution in [3.63, 3.8) is 0 Å². The Balaban J connectivity index is 1.31. The third kappa shape index (κ3) is 4.49. The number of hydrogen-bond donors (Lipinski definition) is 3. The van der Waals surface area contributed by atoms with Gasteiger partial charge in [0.15, 0.2) is 5.65 Å². The van der Waals surface area contributed by atoms with Crippen LogP contribution in [0.4, 0.5) is 11.4 Å². The number of anilines is 2. The van der Waals surface area contributed by atoms with Crippen molar-refractivity contribution in [2.75, 3.05) is 10.6 Å². The van der Waals surface area contributed by atoms with Crippen LogP contribution in [0.15, 0.2) is 67.4 Å². The van der Waals surface area contributed by atoms with Crippen molar-refractivity contribution in [3.8, 4) is 11.4 Å². The number of rotatable bonds is 6. The Labute approximate surface area is 196 Å². The van der Waals surface area contributed by atoms with Gasteiger partial charge in [-0.2, -0.15) is 5.10 Å². The Bertz CT molecular complexity index is 1490. The van der Waals surface area contributed by atoms with E-state index in [2.05, 4.69) is 42.6 Å². The van der Waals surface area contributed by atoms with Gasteiger partial charge in [-0.05, 0) is 49.2 Å². The van der Waals surface area contributed by atoms with Gasteiger partial charge in [-0.3, -0.25) is 14.5 Å². The van der Waals surface area contributed by atoms with Crippen LogP contribution in [0.3, 0.4) is 0 Å². The molecule has 5 aromatic rings. The molecule has 170 valence electrons. The predicted octanol–water partition coefficient (Wildman–Crippen LogP) is 4.49. The summed E-state index contributed by atoms with van der Waals surface area (Å²) in [6, 6.07) is 11.5. The van der Waals surface area contributed by atoms with Crippen molar-refractivity contribution in [3.05, 3.63) is 84.1 Å². The third-order valence-corrected chi connectivity index (χ3v) is 5.48. The topological polar surface area (TPSA) is 113 Å². The van der Waals surface area contributed by atoms with Crippen molar-refractivity contribution in [2.24, 2.45) is 7.05 Å². The molecule has 0 fully saturated rings. The molecule has 0 aliphatic rings. The highest BCUT2D eigenvalue weighted by molar-refractivity contribution is 6.04. The molecule has 0 saturated heterocycles. The number of nitrogens with one attached hydrogen (secondary N) is 3. The van der Waals surface area contributed by atoms with Gasteiger partial charge in [0.25, 0.3) is 5.91 Å². The lowest BCUT2D eigenvalue weighted by Crippen LogP contribution is -2.13. The summed E-state index contributed by atoms with van der Waals surface area (Å²) >= 11 is 0. The number of pyridine rings is 2. The molecule has 4 aromatic heterocycles. The Hall–Kier alpha value is -4.53. The SMILES string of the molecule is Cc1cncc(C(=O)Nc2cccc([C@H](C)Nc3cnc4[nH]c(-c5cnn(C)c5)nc4c3)c2)c1. The van der Waals surface area contributed by atoms with Crippen LogP contribution in [0.25, 0.3) is 22.6 Å². The minimum Gasteiger partial charge on any atom is -0.377 e. The molecule has 34 heavy (non-hydrogen) atoms. The molecular weight excluding hydrogens is 428 g/mol. The van der Waals surface area contributed by atoms with E-state index in [-0.39, 0.29) is 11.9 Å². The van der Waals surface area contributed by atoms with E-state index in [4.69, 9.17) is 0 Å². The third-order valence-electron chi connectivity index (χ3n) is 5.48. The molecule has 9 nitrogen and oxygen atoms in total. The van der Waals surface area contributed by atoms with Crippen LogP contribution in [0.2, 0.25) is 0 Å². The van der Waals surface area contributed by atoms with E-state index in [1.807, 2.05) is 56.6 Å². The van der Waals surface area contributed by atoms with Crippen LogP contribution in [-0.4, -0.2) is 35.6 Å². The van der Waals surface area contributed by atoms with Crippen LogP contribution in [0, 0.1) is 6.92 Å². The number of hydrogen-bond acceptors (Lipinski definition) is 6. The van der Waals surface area contributed by atoms with E-state index in [0.29, 0.717) is 11.2 Å². The van der Waals surface area contributed by atoms with E-state index < -0.39 is 0 Å². The minimum atomic E-state index is -0.188. The standard InChI is InChI=1S/C25H24N8O/c1-15-7-18(11-26-10-15)25(34)30-20-6-4-5-17(8-20)16(2)29-21-9-22-24(27-13-21)32-23(31-22)19-12-28-33(3)14-19/h4-14,16,29H,1-3H3,(H,30,34)(H,27,31,32)/t16-/m0/s1. The Kier molecular flexibility index (Phi) is 5.51. The van der Waals surface area contributed by atoms with Crippen molar-refractivity contribution >= 4 is 28.4 Å². The molecule has 3 N–H and O–H groups in total. The highest BCUT2D eigenvalue weighted by Gasteiger charge is 2.12. The number of H-pyrrole nitrogens is 1. The highest BCUT2D eigenvalue weighted by atomic mass is 16.1. The maximum atomic E-state index is 12.6. The van der Waals surface area contributed by atoms with Crippen molar-refractivity contribution in [1.29, 1.82) is 0 Å². The fourth-order valence-electron chi connectivity index (χ4n) is 3.76. The first-order chi connectivity index (χ1) is 16.4. The first-order valence-corrected chi connectivity index (χ1v) is 10.9. The van der Waals surface area contributed by atoms with Gasteiger partial charge in [0, 0.05) is 37.4 Å². The van der Waals surface area contributed by atoms with Crippen LogP contribution >= 0.6 is 0 Å². The molecule has 5 rings (SSSR count). The van der Waals surface area contributed by atoms with Crippen LogP contribution in [0.1, 0.15) is 34.5 Å². The quantitative estimate of drug-likeness (QED) is 0.350. The van der Waals surface area contributed by atoms with Crippen LogP contribution in [0.5, 0.6) is 0 Å². The van der Waals surface area contributed by atoms with Gasteiger partial charge < -0.3 is 15.6 Å². The number of aryl methyl sites for hydroxylation is 2. The van der Waals surface area contributed by atoms with Gasteiger partial charge in [-0.25, -0.2) is 9.97 Å². The number of benzene rings is 1. The molecule has 0 spiro atoms. The number of carbonyl (C=O) groups excluding carboxylic acids is 1. The first kappa shape index (κ1) is 21.3. The lowest BCUT2D eigenvalue weighted by Gasteiger charge is -2.16. The lowest BCUT2D eigenvalue weighted by molar-refractivity contribution is 0.102. The number of imidazole rings is 1. The van der Waals surface area contributed by atoms with Gasteiger partial charge in [-0.1, -0.05) is 12.1 Å². The lowest BCUT2D eigenvalue weighted by atomic mass is 10.1. The zero-order valence-corrected chi connectivity index (χ0v) is 19.1. The van der Waals surface area contributed by atoms with Gasteiger partial charge in [0.05, 0.1) is 29.2 Å². The van der Waals surface area contributed by atoms with Gasteiger partial charge >= 0.3 is 0 Å². The van der Waals surface area contributed by atoms with Crippen molar-refractivity contribution < 1.29 is 4.79 Å². The first-order valence-electron chi connectivity index (χ1n) is 10.9. The summed E-state index contributed by atoms with van der Waals surface area (Å²) in [5.74, 6) is 0.541. The molecule has 0 bridgehead atoms. The molecule has 0 aliphatic heterocycles. The molecule has 0 aliphatic carbocycles. The molecule has 1 atom stereocenters. The number of fused-ring (bicyclic) bond motifs is 1. The van der Waals surface area contributed by atoms with Crippen molar-refractivity contribution in [1.82, 2.24) is 29.7 Å². The maximum Gasteiger partial charge on any atom is 0.257 e. The van der Waals surface area contributed by atoms with E-state index >= 15 is 0 Å². The second-order valence-corrected chi connectivity index (χ2v) is 8.28. The Morgan fingerprint density at radius 2 is 1.97 bits per heavy atom. The number of aromatic nitrogens is 6. The van der Waals surface area contributed by atoms with Gasteiger partial charge in [0.1, 0.15) is 11.3 Å². The highest BCUT2D eigenvalue weighted by Crippen LogP contribution is 2.25. The number of carbonyl (C=O) groups is 1. The fraction of sp³-hybridized carbons (Fsp3) is 0.160. The number of nitrogens with zero attached hydrogens (tertiary/aromatic N) is 5.